The predicted octanol–water partition coefficient (Wildman–Crippen LogP) is 2.39. The highest BCUT2D eigenvalue weighted by Crippen LogP contribution is 2.36. The summed E-state index contributed by atoms with van der Waals surface area (Å²) >= 11 is 0. The van der Waals surface area contributed by atoms with Crippen molar-refractivity contribution < 1.29 is 14.3 Å². The molecule has 0 amide bonds. The van der Waals surface area contributed by atoms with Crippen molar-refractivity contribution in [2.45, 2.75) is 13.3 Å². The van der Waals surface area contributed by atoms with Crippen LogP contribution in [0, 0.1) is 0 Å². The molecule has 0 saturated heterocycles. The molecule has 0 unspecified atom stereocenters. The molecule has 16 heavy (non-hydrogen) atoms. The van der Waals surface area contributed by atoms with Gasteiger partial charge in [-0.15, -0.1) is 0 Å². The Bertz CT molecular complexity index is 472. The Morgan fingerprint density at radius 3 is 2.38 bits per heavy atom. The Balaban J connectivity index is 2.55. The first-order valence-corrected chi connectivity index (χ1v) is 5.16. The molecule has 1 aliphatic carbocycles. The standard InChI is InChI=1S/C13H14O3/c1-4-8-5-9-6-11(15-2)12(16-3)7-10(9)13(8)14/h4,6-7H,5H2,1-3H3/b8-4+. The lowest BCUT2D eigenvalue weighted by Gasteiger charge is -2.08. The monoisotopic (exact) mass is 218 g/mol. The third-order valence-corrected chi connectivity index (χ3v) is 2.88. The van der Waals surface area contributed by atoms with Crippen LogP contribution in [0.4, 0.5) is 0 Å². The van der Waals surface area contributed by atoms with Crippen LogP contribution in [-0.2, 0) is 6.42 Å². The summed E-state index contributed by atoms with van der Waals surface area (Å²) in [4.78, 5) is 11.9. The number of ether oxygens (including phenoxy) is 2. The van der Waals surface area contributed by atoms with Crippen molar-refractivity contribution in [3.63, 3.8) is 0 Å². The number of benzene rings is 1. The van der Waals surface area contributed by atoms with Crippen LogP contribution >= 0.6 is 0 Å². The Hall–Kier alpha value is -1.77. The first-order valence-electron chi connectivity index (χ1n) is 5.16. The van der Waals surface area contributed by atoms with Gasteiger partial charge in [-0.1, -0.05) is 6.08 Å². The Labute approximate surface area is 94.7 Å². The van der Waals surface area contributed by atoms with Crippen LogP contribution in [0.2, 0.25) is 0 Å². The lowest BCUT2D eigenvalue weighted by Crippen LogP contribution is -1.97. The van der Waals surface area contributed by atoms with E-state index >= 15 is 0 Å². The number of hydrogen-bond acceptors (Lipinski definition) is 3. The number of Topliss-reactive ketones (excluding diaryl/α,β-unsaturated/α-hetero) is 1. The summed E-state index contributed by atoms with van der Waals surface area (Å²) in [6.45, 7) is 1.88. The van der Waals surface area contributed by atoms with Gasteiger partial charge in [-0.25, -0.2) is 0 Å². The number of fused-ring (bicyclic) bond motifs is 1. The fraction of sp³-hybridized carbons (Fsp3) is 0.308. The van der Waals surface area contributed by atoms with Crippen LogP contribution < -0.4 is 9.47 Å². The second kappa shape index (κ2) is 4.00. The summed E-state index contributed by atoms with van der Waals surface area (Å²) < 4.78 is 10.4. The minimum Gasteiger partial charge on any atom is -0.493 e. The van der Waals surface area contributed by atoms with E-state index in [-0.39, 0.29) is 5.78 Å². The number of carbonyl (C=O) groups is 1. The molecule has 0 aromatic heterocycles. The summed E-state index contributed by atoms with van der Waals surface area (Å²) in [5.74, 6) is 1.37. The van der Waals surface area contributed by atoms with Crippen molar-refractivity contribution in [2.24, 2.45) is 0 Å². The van der Waals surface area contributed by atoms with Crippen LogP contribution in [0.25, 0.3) is 0 Å². The molecule has 1 aromatic carbocycles. The molecule has 0 radical (unpaired) electrons. The number of carbonyl (C=O) groups excluding carboxylic acids is 1. The molecule has 0 aliphatic heterocycles. The predicted molar refractivity (Wildman–Crippen MR) is 61.3 cm³/mol. The molecule has 0 heterocycles. The smallest absolute Gasteiger partial charge is 0.189 e. The zero-order chi connectivity index (χ0) is 11.7. The average Bonchev–Trinajstić information content (AvgIpc) is 2.63. The van der Waals surface area contributed by atoms with Crippen molar-refractivity contribution >= 4 is 5.78 Å². The molecular weight excluding hydrogens is 204 g/mol. The maximum atomic E-state index is 11.9. The number of methoxy groups -OCH3 is 2. The van der Waals surface area contributed by atoms with E-state index in [1.807, 2.05) is 19.1 Å². The fourth-order valence-electron chi connectivity index (χ4n) is 1.97. The van der Waals surface area contributed by atoms with Gasteiger partial charge in [0.25, 0.3) is 0 Å². The van der Waals surface area contributed by atoms with Gasteiger partial charge in [0.2, 0.25) is 0 Å². The van der Waals surface area contributed by atoms with Gasteiger partial charge in [0.1, 0.15) is 0 Å². The van der Waals surface area contributed by atoms with E-state index in [9.17, 15) is 4.79 Å². The van der Waals surface area contributed by atoms with E-state index in [4.69, 9.17) is 9.47 Å². The molecule has 0 spiro atoms. The maximum absolute atomic E-state index is 11.9. The minimum atomic E-state index is 0.0958. The quantitative estimate of drug-likeness (QED) is 0.715. The molecule has 0 saturated carbocycles. The maximum Gasteiger partial charge on any atom is 0.189 e. The van der Waals surface area contributed by atoms with E-state index in [1.165, 1.54) is 0 Å². The second-order valence-electron chi connectivity index (χ2n) is 3.68. The van der Waals surface area contributed by atoms with E-state index in [1.54, 1.807) is 20.3 Å². The number of rotatable bonds is 2. The molecule has 0 bridgehead atoms. The Morgan fingerprint density at radius 2 is 1.81 bits per heavy atom. The zero-order valence-corrected chi connectivity index (χ0v) is 9.66. The highest BCUT2D eigenvalue weighted by Gasteiger charge is 2.26. The summed E-state index contributed by atoms with van der Waals surface area (Å²) in [6, 6.07) is 3.63. The largest absolute Gasteiger partial charge is 0.493 e. The zero-order valence-electron chi connectivity index (χ0n) is 9.66. The topological polar surface area (TPSA) is 35.5 Å². The van der Waals surface area contributed by atoms with Crippen LogP contribution in [0.15, 0.2) is 23.8 Å². The number of allylic oxidation sites excluding steroid dienone is 2. The van der Waals surface area contributed by atoms with Gasteiger partial charge in [-0.3, -0.25) is 4.79 Å². The molecule has 0 fully saturated rings. The Morgan fingerprint density at radius 1 is 1.19 bits per heavy atom. The van der Waals surface area contributed by atoms with Gasteiger partial charge in [0.15, 0.2) is 17.3 Å². The van der Waals surface area contributed by atoms with Crippen LogP contribution in [0.3, 0.4) is 0 Å². The van der Waals surface area contributed by atoms with E-state index in [0.717, 1.165) is 16.7 Å². The molecular formula is C13H14O3. The molecule has 84 valence electrons. The molecule has 0 N–H and O–H groups in total. The van der Waals surface area contributed by atoms with Crippen molar-refractivity contribution in [1.29, 1.82) is 0 Å². The molecule has 0 atom stereocenters. The summed E-state index contributed by atoms with van der Waals surface area (Å²) in [5, 5.41) is 0. The van der Waals surface area contributed by atoms with Crippen LogP contribution in [-0.4, -0.2) is 20.0 Å². The average molecular weight is 218 g/mol. The fourth-order valence-corrected chi connectivity index (χ4v) is 1.97. The molecule has 3 heteroatoms. The van der Waals surface area contributed by atoms with Gasteiger partial charge in [0.05, 0.1) is 14.2 Å². The van der Waals surface area contributed by atoms with Crippen molar-refractivity contribution in [3.05, 3.63) is 34.9 Å². The minimum absolute atomic E-state index is 0.0958. The van der Waals surface area contributed by atoms with Gasteiger partial charge >= 0.3 is 0 Å². The van der Waals surface area contributed by atoms with Crippen molar-refractivity contribution in [3.8, 4) is 11.5 Å². The lowest BCUT2D eigenvalue weighted by molar-refractivity contribution is 0.103. The highest BCUT2D eigenvalue weighted by atomic mass is 16.5. The highest BCUT2D eigenvalue weighted by molar-refractivity contribution is 6.13. The summed E-state index contributed by atoms with van der Waals surface area (Å²) in [6.07, 6.45) is 2.55. The third kappa shape index (κ3) is 1.48. The normalized spacial score (nSPS) is 16.4. The van der Waals surface area contributed by atoms with Gasteiger partial charge in [0, 0.05) is 17.6 Å². The van der Waals surface area contributed by atoms with Gasteiger partial charge in [-0.2, -0.15) is 0 Å². The van der Waals surface area contributed by atoms with E-state index < -0.39 is 0 Å². The number of ketones is 1. The van der Waals surface area contributed by atoms with Crippen molar-refractivity contribution in [1.82, 2.24) is 0 Å². The first-order chi connectivity index (χ1) is 7.71. The van der Waals surface area contributed by atoms with Crippen LogP contribution in [0.1, 0.15) is 22.8 Å². The van der Waals surface area contributed by atoms with Crippen LogP contribution in [0.5, 0.6) is 11.5 Å². The SMILES string of the molecule is C/C=C1\Cc2cc(OC)c(OC)cc2C1=O. The molecule has 2 rings (SSSR count). The second-order valence-corrected chi connectivity index (χ2v) is 3.68. The molecule has 3 nitrogen and oxygen atoms in total. The van der Waals surface area contributed by atoms with E-state index in [0.29, 0.717) is 17.9 Å². The first kappa shape index (κ1) is 10.7. The third-order valence-electron chi connectivity index (χ3n) is 2.88. The Kier molecular flexibility index (Phi) is 2.69. The van der Waals surface area contributed by atoms with Crippen molar-refractivity contribution in [2.75, 3.05) is 14.2 Å². The van der Waals surface area contributed by atoms with E-state index in [2.05, 4.69) is 0 Å². The lowest BCUT2D eigenvalue weighted by atomic mass is 10.1. The molecule has 1 aliphatic rings. The van der Waals surface area contributed by atoms with Gasteiger partial charge < -0.3 is 9.47 Å². The molecule has 1 aromatic rings. The van der Waals surface area contributed by atoms with Gasteiger partial charge in [-0.05, 0) is 24.6 Å². The number of hydrogen-bond donors (Lipinski definition) is 0. The summed E-state index contributed by atoms with van der Waals surface area (Å²) in [5.41, 5.74) is 2.58. The summed E-state index contributed by atoms with van der Waals surface area (Å²) in [7, 11) is 3.16.